The number of H-pyrrole nitrogens is 2. The Bertz CT molecular complexity index is 1730. The number of carbonyl (C=O) groups excluding carboxylic acids is 2. The number of carbonyl (C=O) groups is 3. The minimum atomic E-state index is -4.05. The van der Waals surface area contributed by atoms with Gasteiger partial charge in [-0.1, -0.05) is 35.9 Å². The summed E-state index contributed by atoms with van der Waals surface area (Å²) in [4.78, 5) is 44.3. The van der Waals surface area contributed by atoms with E-state index in [1.54, 1.807) is 54.4 Å². The van der Waals surface area contributed by atoms with E-state index >= 15 is 0 Å². The Morgan fingerprint density at radius 3 is 2.70 bits per heavy atom. The van der Waals surface area contributed by atoms with E-state index in [-0.39, 0.29) is 49.4 Å². The maximum Gasteiger partial charge on any atom is 0.459 e. The van der Waals surface area contributed by atoms with E-state index < -0.39 is 19.8 Å². The third kappa shape index (κ3) is 6.97. The number of aromatic amines is 2. The molecule has 3 heterocycles. The van der Waals surface area contributed by atoms with Crippen molar-refractivity contribution in [1.82, 2.24) is 30.1 Å². The molecule has 0 fully saturated rings. The summed E-state index contributed by atoms with van der Waals surface area (Å²) in [5, 5.41) is 20.2. The Kier molecular flexibility index (Phi) is 9.40. The first-order chi connectivity index (χ1) is 21.0. The molecule has 0 saturated heterocycles. The molecule has 232 valence electrons. The molecule has 13 nitrogen and oxygen atoms in total. The number of aromatic nitrogens is 3. The Morgan fingerprint density at radius 1 is 1.20 bits per heavy atom. The summed E-state index contributed by atoms with van der Waals surface area (Å²) in [6, 6.07) is 14.2. The van der Waals surface area contributed by atoms with Crippen LogP contribution < -0.4 is 9.61 Å². The van der Waals surface area contributed by atoms with Crippen LogP contribution in [0.15, 0.2) is 54.6 Å². The quantitative estimate of drug-likeness (QED) is 0.129. The molecule has 4 aromatic rings. The van der Waals surface area contributed by atoms with E-state index in [1.807, 2.05) is 12.1 Å². The summed E-state index contributed by atoms with van der Waals surface area (Å²) in [7, 11) is -2.45. The Balaban J connectivity index is 1.19. The van der Waals surface area contributed by atoms with E-state index in [0.29, 0.717) is 29.2 Å². The number of para-hydroxylation sites is 1. The zero-order chi connectivity index (χ0) is 31.4. The summed E-state index contributed by atoms with van der Waals surface area (Å²) in [6.45, 7) is 2.13. The highest BCUT2D eigenvalue weighted by atomic mass is 35.5. The molecule has 2 aromatic carbocycles. The topological polar surface area (TPSA) is 170 Å². The summed E-state index contributed by atoms with van der Waals surface area (Å²) < 4.78 is 24.4. The molecule has 0 spiro atoms. The van der Waals surface area contributed by atoms with Gasteiger partial charge in [-0.2, -0.15) is 10.2 Å². The van der Waals surface area contributed by atoms with Crippen LogP contribution in [0.4, 0.5) is 0 Å². The van der Waals surface area contributed by atoms with Crippen LogP contribution in [0.3, 0.4) is 0 Å². The van der Waals surface area contributed by atoms with Gasteiger partial charge < -0.3 is 24.4 Å². The monoisotopic (exact) mass is 642 g/mol. The minimum Gasteiger partial charge on any atom is -0.480 e. The number of hydrogen-bond acceptors (Lipinski definition) is 7. The molecule has 0 saturated carbocycles. The van der Waals surface area contributed by atoms with E-state index in [1.165, 1.54) is 11.8 Å². The third-order valence-electron chi connectivity index (χ3n) is 7.20. The van der Waals surface area contributed by atoms with Crippen molar-refractivity contribution in [3.8, 4) is 5.75 Å². The summed E-state index contributed by atoms with van der Waals surface area (Å²) >= 11 is 6.28. The van der Waals surface area contributed by atoms with Gasteiger partial charge in [-0.05, 0) is 43.7 Å². The number of aliphatic carboxylic acids is 1. The smallest absolute Gasteiger partial charge is 0.459 e. The van der Waals surface area contributed by atoms with Crippen LogP contribution in [-0.4, -0.2) is 80.7 Å². The molecule has 44 heavy (non-hydrogen) atoms. The lowest BCUT2D eigenvalue weighted by Crippen LogP contribution is -2.37. The fourth-order valence-electron chi connectivity index (χ4n) is 4.82. The predicted molar refractivity (Wildman–Crippen MR) is 163 cm³/mol. The van der Waals surface area contributed by atoms with Gasteiger partial charge in [-0.25, -0.2) is 4.57 Å². The number of fused-ring (bicyclic) bond motifs is 2. The first-order valence-electron chi connectivity index (χ1n) is 13.9. The lowest BCUT2D eigenvalue weighted by molar-refractivity contribution is -0.138. The van der Waals surface area contributed by atoms with Gasteiger partial charge in [0.2, 0.25) is 0 Å². The molecule has 0 bridgehead atoms. The molecule has 4 N–H and O–H groups in total. The van der Waals surface area contributed by atoms with Crippen molar-refractivity contribution < 1.29 is 33.1 Å². The highest BCUT2D eigenvalue weighted by molar-refractivity contribution is 7.52. The zero-order valence-electron chi connectivity index (χ0n) is 24.1. The first kappa shape index (κ1) is 31.3. The van der Waals surface area contributed by atoms with E-state index in [0.717, 1.165) is 16.6 Å². The average Bonchev–Trinajstić information content (AvgIpc) is 3.64. The Labute approximate surface area is 258 Å². The van der Waals surface area contributed by atoms with Gasteiger partial charge in [-0.15, -0.1) is 0 Å². The van der Waals surface area contributed by atoms with Crippen LogP contribution in [0.25, 0.3) is 10.9 Å². The van der Waals surface area contributed by atoms with Crippen molar-refractivity contribution in [2.24, 2.45) is 0 Å². The van der Waals surface area contributed by atoms with Gasteiger partial charge in [0, 0.05) is 53.7 Å². The molecule has 2 aromatic heterocycles. The number of nitrogens with zero attached hydrogens (tertiary/aromatic N) is 3. The van der Waals surface area contributed by atoms with Gasteiger partial charge in [0.05, 0.1) is 13.2 Å². The standard InChI is InChI=1S/C29H32ClN6O7P/c1-18(29(39)40)34-44(41,43-19-8-4-3-5-9-19)42-15-7-13-35(2)28(38)26-21-17-36(14-12-24(21)32-33-26)27(37)25-16-20-22(30)10-6-11-23(20)31-25/h3-6,8-11,16,18,31H,7,12-15,17H2,1-2H3,(H,32,33)(H,34,41)(H,39,40)/t18-,44?/m0/s1. The lowest BCUT2D eigenvalue weighted by Gasteiger charge is -2.27. The van der Waals surface area contributed by atoms with Crippen molar-refractivity contribution in [2.75, 3.05) is 26.7 Å². The van der Waals surface area contributed by atoms with Gasteiger partial charge >= 0.3 is 13.7 Å². The normalized spacial score (nSPS) is 14.9. The van der Waals surface area contributed by atoms with Crippen molar-refractivity contribution in [2.45, 2.75) is 32.4 Å². The first-order valence-corrected chi connectivity index (χ1v) is 15.8. The van der Waals surface area contributed by atoms with Gasteiger partial charge in [-0.3, -0.25) is 24.0 Å². The average molecular weight is 643 g/mol. The number of halogens is 1. The Hall–Kier alpha value is -4.16. The third-order valence-corrected chi connectivity index (χ3v) is 9.21. The van der Waals surface area contributed by atoms with Crippen molar-refractivity contribution in [1.29, 1.82) is 0 Å². The molecule has 0 aliphatic carbocycles. The number of benzene rings is 2. The Morgan fingerprint density at radius 2 is 1.98 bits per heavy atom. The SMILES string of the molecule is C[C@H](NP(=O)(OCCCN(C)C(=O)c1n[nH]c2c1CN(C(=O)c1cc3c(Cl)cccc3[nH]1)CC2)Oc1ccccc1)C(=O)O. The maximum absolute atomic E-state index is 13.4. The number of amides is 2. The summed E-state index contributed by atoms with van der Waals surface area (Å²) in [6.07, 6.45) is 0.784. The second kappa shape index (κ2) is 13.2. The van der Waals surface area contributed by atoms with Gasteiger partial charge in [0.25, 0.3) is 11.8 Å². The lowest BCUT2D eigenvalue weighted by atomic mass is 10.0. The van der Waals surface area contributed by atoms with Crippen molar-refractivity contribution in [3.63, 3.8) is 0 Å². The predicted octanol–water partition coefficient (Wildman–Crippen LogP) is 4.47. The van der Waals surface area contributed by atoms with Crippen LogP contribution in [0.2, 0.25) is 5.02 Å². The van der Waals surface area contributed by atoms with Crippen LogP contribution >= 0.6 is 19.3 Å². The van der Waals surface area contributed by atoms with Crippen LogP contribution in [0.5, 0.6) is 5.75 Å². The fraction of sp³-hybridized carbons (Fsp3) is 0.310. The second-order valence-electron chi connectivity index (χ2n) is 10.4. The van der Waals surface area contributed by atoms with Crippen molar-refractivity contribution >= 4 is 48.0 Å². The summed E-state index contributed by atoms with van der Waals surface area (Å²) in [5.74, 6) is -1.53. The van der Waals surface area contributed by atoms with E-state index in [9.17, 15) is 24.1 Å². The molecular weight excluding hydrogens is 611 g/mol. The molecule has 2 atom stereocenters. The second-order valence-corrected chi connectivity index (χ2v) is 12.5. The molecule has 2 amide bonds. The van der Waals surface area contributed by atoms with E-state index in [2.05, 4.69) is 20.3 Å². The molecule has 15 heteroatoms. The highest BCUT2D eigenvalue weighted by Gasteiger charge is 2.32. The highest BCUT2D eigenvalue weighted by Crippen LogP contribution is 2.44. The minimum absolute atomic E-state index is 0.0868. The van der Waals surface area contributed by atoms with E-state index in [4.69, 9.17) is 20.6 Å². The van der Waals surface area contributed by atoms with Crippen LogP contribution in [-0.2, 0) is 26.8 Å². The fourth-order valence-corrected chi connectivity index (χ4v) is 6.58. The molecule has 5 rings (SSSR count). The molecule has 1 aliphatic rings. The molecule has 1 unspecified atom stereocenters. The largest absolute Gasteiger partial charge is 0.480 e. The summed E-state index contributed by atoms with van der Waals surface area (Å²) in [5.41, 5.74) is 2.84. The molecule has 1 aliphatic heterocycles. The van der Waals surface area contributed by atoms with Gasteiger partial charge in [0.1, 0.15) is 17.5 Å². The van der Waals surface area contributed by atoms with Gasteiger partial charge in [0.15, 0.2) is 5.69 Å². The number of carboxylic acid groups (broad SMARTS) is 1. The number of carboxylic acids is 1. The maximum atomic E-state index is 13.4. The zero-order valence-corrected chi connectivity index (χ0v) is 25.7. The number of hydrogen-bond donors (Lipinski definition) is 4. The van der Waals surface area contributed by atoms with Crippen molar-refractivity contribution in [3.05, 3.63) is 82.3 Å². The molecular formula is C29H32ClN6O7P. The molecule has 0 radical (unpaired) electrons. The number of rotatable bonds is 12. The number of nitrogens with one attached hydrogen (secondary N) is 3. The van der Waals surface area contributed by atoms with Crippen LogP contribution in [0, 0.1) is 0 Å². The van der Waals surface area contributed by atoms with Crippen LogP contribution in [0.1, 0.15) is 45.6 Å².